The van der Waals surface area contributed by atoms with Gasteiger partial charge in [-0.3, -0.25) is 0 Å². The summed E-state index contributed by atoms with van der Waals surface area (Å²) in [5, 5.41) is 13.6. The lowest BCUT2D eigenvalue weighted by Gasteiger charge is -2.04. The maximum Gasteiger partial charge on any atom is 0.336 e. The Hall–Kier alpha value is -2.89. The molecule has 0 amide bonds. The van der Waals surface area contributed by atoms with Gasteiger partial charge >= 0.3 is 5.97 Å². The summed E-state index contributed by atoms with van der Waals surface area (Å²) >= 11 is 0. The van der Waals surface area contributed by atoms with E-state index in [0.717, 1.165) is 18.5 Å². The molecule has 4 rings (SSSR count). The number of rotatable bonds is 4. The summed E-state index contributed by atoms with van der Waals surface area (Å²) in [7, 11) is 0. The molecule has 0 spiro atoms. The molecular weight excluding hydrogens is 284 g/mol. The SMILES string of the molecule is O=C(O)c1cc(C2CC2)nc2onc(Oc3ccccc3)c12. The van der Waals surface area contributed by atoms with E-state index in [1.54, 1.807) is 18.2 Å². The molecule has 1 N–H and O–H groups in total. The smallest absolute Gasteiger partial charge is 0.336 e. The molecule has 6 heteroatoms. The van der Waals surface area contributed by atoms with Gasteiger partial charge in [0.25, 0.3) is 11.6 Å². The van der Waals surface area contributed by atoms with Crippen molar-refractivity contribution in [1.29, 1.82) is 0 Å². The van der Waals surface area contributed by atoms with Crippen molar-refractivity contribution in [3.05, 3.63) is 47.7 Å². The first-order chi connectivity index (χ1) is 10.7. The van der Waals surface area contributed by atoms with Crippen molar-refractivity contribution in [3.8, 4) is 11.6 Å². The number of pyridine rings is 1. The van der Waals surface area contributed by atoms with Gasteiger partial charge in [-0.05, 0) is 36.2 Å². The van der Waals surface area contributed by atoms with Crippen molar-refractivity contribution in [2.45, 2.75) is 18.8 Å². The number of hydrogen-bond acceptors (Lipinski definition) is 5. The maximum absolute atomic E-state index is 11.6. The van der Waals surface area contributed by atoms with Crippen LogP contribution in [0.4, 0.5) is 0 Å². The van der Waals surface area contributed by atoms with Crippen molar-refractivity contribution in [2.24, 2.45) is 0 Å². The topological polar surface area (TPSA) is 85.5 Å². The second-order valence-electron chi connectivity index (χ2n) is 5.26. The summed E-state index contributed by atoms with van der Waals surface area (Å²) in [6, 6.07) is 10.6. The zero-order chi connectivity index (χ0) is 15.1. The van der Waals surface area contributed by atoms with Crippen molar-refractivity contribution < 1.29 is 19.2 Å². The van der Waals surface area contributed by atoms with E-state index in [4.69, 9.17) is 9.26 Å². The van der Waals surface area contributed by atoms with Crippen molar-refractivity contribution in [3.63, 3.8) is 0 Å². The molecule has 0 atom stereocenters. The second-order valence-corrected chi connectivity index (χ2v) is 5.26. The average molecular weight is 296 g/mol. The van der Waals surface area contributed by atoms with E-state index in [9.17, 15) is 9.90 Å². The van der Waals surface area contributed by atoms with Crippen LogP contribution < -0.4 is 4.74 Å². The third-order valence-corrected chi connectivity index (χ3v) is 3.62. The molecule has 1 aliphatic carbocycles. The van der Waals surface area contributed by atoms with Gasteiger partial charge in [0.05, 0.1) is 5.56 Å². The van der Waals surface area contributed by atoms with E-state index in [2.05, 4.69) is 10.1 Å². The van der Waals surface area contributed by atoms with Gasteiger partial charge in [0.15, 0.2) is 0 Å². The molecule has 22 heavy (non-hydrogen) atoms. The lowest BCUT2D eigenvalue weighted by molar-refractivity contribution is 0.0698. The van der Waals surface area contributed by atoms with Gasteiger partial charge in [-0.2, -0.15) is 0 Å². The molecule has 2 aromatic heterocycles. The van der Waals surface area contributed by atoms with Crippen LogP contribution >= 0.6 is 0 Å². The highest BCUT2D eigenvalue weighted by Crippen LogP contribution is 2.41. The minimum atomic E-state index is -1.05. The monoisotopic (exact) mass is 296 g/mol. The molecule has 0 saturated heterocycles. The Morgan fingerprint density at radius 1 is 1.27 bits per heavy atom. The number of carboxylic acids is 1. The standard InChI is InChI=1S/C16H12N2O4/c19-16(20)11-8-12(9-6-7-9)17-14-13(11)15(18-22-14)21-10-4-2-1-3-5-10/h1-5,8-9H,6-7H2,(H,19,20). The molecule has 3 aromatic rings. The fraction of sp³-hybridized carbons (Fsp3) is 0.188. The van der Waals surface area contributed by atoms with E-state index in [-0.39, 0.29) is 17.2 Å². The molecule has 6 nitrogen and oxygen atoms in total. The zero-order valence-electron chi connectivity index (χ0n) is 11.5. The van der Waals surface area contributed by atoms with E-state index in [1.165, 1.54) is 0 Å². The highest BCUT2D eigenvalue weighted by atomic mass is 16.5. The minimum absolute atomic E-state index is 0.110. The first kappa shape index (κ1) is 12.8. The molecule has 1 fully saturated rings. The van der Waals surface area contributed by atoms with Crippen molar-refractivity contribution in [1.82, 2.24) is 10.1 Å². The van der Waals surface area contributed by atoms with Crippen molar-refractivity contribution in [2.75, 3.05) is 0 Å². The van der Waals surface area contributed by atoms with Gasteiger partial charge < -0.3 is 14.4 Å². The van der Waals surface area contributed by atoms with E-state index in [1.807, 2.05) is 18.2 Å². The fourth-order valence-corrected chi connectivity index (χ4v) is 2.37. The Balaban J connectivity index is 1.84. The number of carboxylic acid groups (broad SMARTS) is 1. The van der Waals surface area contributed by atoms with Gasteiger partial charge in [-0.15, -0.1) is 0 Å². The molecular formula is C16H12N2O4. The Morgan fingerprint density at radius 2 is 2.05 bits per heavy atom. The molecule has 110 valence electrons. The third kappa shape index (κ3) is 2.18. The molecule has 1 aromatic carbocycles. The Labute approximate surface area is 125 Å². The molecule has 0 radical (unpaired) electrons. The van der Waals surface area contributed by atoms with Gasteiger partial charge in [-0.25, -0.2) is 9.78 Å². The number of hydrogen-bond donors (Lipinski definition) is 1. The number of aromatic nitrogens is 2. The minimum Gasteiger partial charge on any atom is -0.478 e. The summed E-state index contributed by atoms with van der Waals surface area (Å²) < 4.78 is 10.8. The first-order valence-corrected chi connectivity index (χ1v) is 6.99. The number of carbonyl (C=O) groups is 1. The number of benzene rings is 1. The van der Waals surface area contributed by atoms with Crippen LogP contribution in [-0.2, 0) is 0 Å². The van der Waals surface area contributed by atoms with Gasteiger partial charge in [-0.1, -0.05) is 18.2 Å². The summed E-state index contributed by atoms with van der Waals surface area (Å²) in [6.07, 6.45) is 2.05. The second kappa shape index (κ2) is 4.84. The maximum atomic E-state index is 11.6. The summed E-state index contributed by atoms with van der Waals surface area (Å²) in [5.41, 5.74) is 1.05. The summed E-state index contributed by atoms with van der Waals surface area (Å²) in [6.45, 7) is 0. The highest BCUT2D eigenvalue weighted by molar-refractivity contribution is 6.03. The van der Waals surface area contributed by atoms with Crippen molar-refractivity contribution >= 4 is 17.1 Å². The quantitative estimate of drug-likeness (QED) is 0.791. The normalized spacial score (nSPS) is 14.2. The Kier molecular flexibility index (Phi) is 2.82. The zero-order valence-corrected chi connectivity index (χ0v) is 11.5. The molecule has 0 bridgehead atoms. The fourth-order valence-electron chi connectivity index (χ4n) is 2.37. The lowest BCUT2D eigenvalue weighted by atomic mass is 10.1. The number of ether oxygens (including phenoxy) is 1. The number of fused-ring (bicyclic) bond motifs is 1. The summed E-state index contributed by atoms with van der Waals surface area (Å²) in [4.78, 5) is 15.9. The van der Waals surface area contributed by atoms with Crippen LogP contribution in [0.5, 0.6) is 11.6 Å². The van der Waals surface area contributed by atoms with Crippen LogP contribution in [0.15, 0.2) is 40.9 Å². The summed E-state index contributed by atoms with van der Waals surface area (Å²) in [5.74, 6) is -0.0461. The van der Waals surface area contributed by atoms with Gasteiger partial charge in [0.2, 0.25) is 0 Å². The molecule has 2 heterocycles. The largest absolute Gasteiger partial charge is 0.478 e. The van der Waals surface area contributed by atoms with Crippen LogP contribution in [0.25, 0.3) is 11.1 Å². The van der Waals surface area contributed by atoms with Crippen LogP contribution in [0, 0.1) is 0 Å². The molecule has 0 unspecified atom stereocenters. The Bertz CT molecular complexity index is 853. The van der Waals surface area contributed by atoms with Crippen LogP contribution in [0.2, 0.25) is 0 Å². The van der Waals surface area contributed by atoms with E-state index < -0.39 is 5.97 Å². The molecule has 1 saturated carbocycles. The number of nitrogens with zero attached hydrogens (tertiary/aromatic N) is 2. The van der Waals surface area contributed by atoms with Crippen LogP contribution in [0.1, 0.15) is 34.8 Å². The lowest BCUT2D eigenvalue weighted by Crippen LogP contribution is -2.01. The van der Waals surface area contributed by atoms with Gasteiger partial charge in [0, 0.05) is 11.6 Å². The average Bonchev–Trinajstić information content (AvgIpc) is 3.30. The number of aromatic carboxylic acids is 1. The predicted octanol–water partition coefficient (Wildman–Crippen LogP) is 3.59. The first-order valence-electron chi connectivity index (χ1n) is 6.99. The Morgan fingerprint density at radius 3 is 2.73 bits per heavy atom. The van der Waals surface area contributed by atoms with Crippen LogP contribution in [-0.4, -0.2) is 21.2 Å². The van der Waals surface area contributed by atoms with Crippen LogP contribution in [0.3, 0.4) is 0 Å². The van der Waals surface area contributed by atoms with E-state index in [0.29, 0.717) is 17.1 Å². The molecule has 1 aliphatic rings. The number of para-hydroxylation sites is 1. The molecule has 0 aliphatic heterocycles. The van der Waals surface area contributed by atoms with E-state index >= 15 is 0 Å². The third-order valence-electron chi connectivity index (χ3n) is 3.62. The highest BCUT2D eigenvalue weighted by Gasteiger charge is 2.29. The predicted molar refractivity (Wildman–Crippen MR) is 77.3 cm³/mol. The van der Waals surface area contributed by atoms with Gasteiger partial charge in [0.1, 0.15) is 11.1 Å².